The molecule has 19 heavy (non-hydrogen) atoms. The average molecular weight is 306 g/mol. The third kappa shape index (κ3) is 2.99. The van der Waals surface area contributed by atoms with Crippen molar-refractivity contribution in [2.24, 2.45) is 5.73 Å². The van der Waals surface area contributed by atoms with Crippen LogP contribution >= 0.6 is 11.3 Å². The highest BCUT2D eigenvalue weighted by atomic mass is 32.2. The second-order valence-corrected chi connectivity index (χ2v) is 7.77. The Kier molecular flexibility index (Phi) is 4.59. The Bertz CT molecular complexity index is 529. The lowest BCUT2D eigenvalue weighted by Gasteiger charge is -2.35. The van der Waals surface area contributed by atoms with E-state index in [9.17, 15) is 8.42 Å². The molecule has 2 rings (SSSR count). The van der Waals surface area contributed by atoms with Gasteiger partial charge in [0.2, 0.25) is 0 Å². The van der Waals surface area contributed by atoms with Crippen molar-refractivity contribution in [3.63, 3.8) is 0 Å². The maximum Gasteiger partial charge on any atom is 0.252 e. The minimum atomic E-state index is -3.54. The molecule has 1 saturated heterocycles. The molecular weight excluding hydrogens is 288 g/mol. The van der Waals surface area contributed by atoms with E-state index >= 15 is 0 Å². The number of thiophene rings is 1. The number of sulfonamides is 1. The predicted molar refractivity (Wildman–Crippen MR) is 72.4 cm³/mol. The second kappa shape index (κ2) is 5.86. The summed E-state index contributed by atoms with van der Waals surface area (Å²) in [5.74, 6) is 0. The number of aliphatic hydroxyl groups excluding tert-OH is 1. The zero-order chi connectivity index (χ0) is 14.0. The number of rotatable bonds is 4. The van der Waals surface area contributed by atoms with E-state index in [1.165, 1.54) is 15.6 Å². The van der Waals surface area contributed by atoms with Crippen LogP contribution in [0.1, 0.15) is 11.8 Å². The SMILES string of the molecule is CC1COC(CO)CN1S(=O)(=O)c1ccc(CN)s1. The van der Waals surface area contributed by atoms with E-state index in [-0.39, 0.29) is 19.2 Å². The molecule has 8 heteroatoms. The van der Waals surface area contributed by atoms with Crippen molar-refractivity contribution in [1.82, 2.24) is 4.31 Å². The van der Waals surface area contributed by atoms with Gasteiger partial charge in [-0.3, -0.25) is 0 Å². The van der Waals surface area contributed by atoms with Crippen LogP contribution in [0.15, 0.2) is 16.3 Å². The summed E-state index contributed by atoms with van der Waals surface area (Å²) >= 11 is 1.19. The van der Waals surface area contributed by atoms with Crippen molar-refractivity contribution in [3.8, 4) is 0 Å². The van der Waals surface area contributed by atoms with E-state index in [4.69, 9.17) is 15.6 Å². The van der Waals surface area contributed by atoms with Gasteiger partial charge in [-0.2, -0.15) is 4.31 Å². The van der Waals surface area contributed by atoms with Crippen molar-refractivity contribution in [2.45, 2.75) is 29.8 Å². The summed E-state index contributed by atoms with van der Waals surface area (Å²) in [6, 6.07) is 3.07. The lowest BCUT2D eigenvalue weighted by atomic mass is 10.2. The monoisotopic (exact) mass is 306 g/mol. The number of morpholine rings is 1. The molecule has 1 fully saturated rings. The number of nitrogens with zero attached hydrogens (tertiary/aromatic N) is 1. The van der Waals surface area contributed by atoms with Gasteiger partial charge < -0.3 is 15.6 Å². The standard InChI is InChI=1S/C11H18N2O4S2/c1-8-7-17-9(6-14)5-13(8)19(15,16)11-3-2-10(4-12)18-11/h2-3,8-9,14H,4-7,12H2,1H3. The summed E-state index contributed by atoms with van der Waals surface area (Å²) in [7, 11) is -3.54. The van der Waals surface area contributed by atoms with E-state index in [2.05, 4.69) is 0 Å². The first kappa shape index (κ1) is 14.9. The van der Waals surface area contributed by atoms with Gasteiger partial charge in [0.05, 0.1) is 19.3 Å². The predicted octanol–water partition coefficient (Wildman–Crippen LogP) is -0.0229. The molecule has 1 aromatic heterocycles. The van der Waals surface area contributed by atoms with Gasteiger partial charge in [-0.05, 0) is 19.1 Å². The number of nitrogens with two attached hydrogens (primary N) is 1. The molecule has 1 aliphatic heterocycles. The van der Waals surface area contributed by atoms with Gasteiger partial charge in [0.25, 0.3) is 10.0 Å². The summed E-state index contributed by atoms with van der Waals surface area (Å²) in [4.78, 5) is 0.832. The highest BCUT2D eigenvalue weighted by Crippen LogP contribution is 2.27. The van der Waals surface area contributed by atoms with Gasteiger partial charge in [-0.25, -0.2) is 8.42 Å². The highest BCUT2D eigenvalue weighted by molar-refractivity contribution is 7.91. The average Bonchev–Trinajstić information content (AvgIpc) is 2.88. The van der Waals surface area contributed by atoms with Crippen LogP contribution in [0.25, 0.3) is 0 Å². The molecule has 3 N–H and O–H groups in total. The van der Waals surface area contributed by atoms with Crippen LogP contribution in [-0.4, -0.2) is 49.7 Å². The second-order valence-electron chi connectivity index (χ2n) is 4.49. The third-order valence-electron chi connectivity index (χ3n) is 3.05. The molecule has 0 aliphatic carbocycles. The maximum atomic E-state index is 12.5. The fraction of sp³-hybridized carbons (Fsp3) is 0.636. The summed E-state index contributed by atoms with van der Waals surface area (Å²) in [5, 5.41) is 9.11. The molecule has 0 spiro atoms. The molecule has 2 heterocycles. The van der Waals surface area contributed by atoms with Crippen molar-refractivity contribution >= 4 is 21.4 Å². The van der Waals surface area contributed by atoms with Gasteiger partial charge in [0.1, 0.15) is 4.21 Å². The smallest absolute Gasteiger partial charge is 0.252 e. The van der Waals surface area contributed by atoms with Gasteiger partial charge in [-0.1, -0.05) is 0 Å². The van der Waals surface area contributed by atoms with E-state index < -0.39 is 16.1 Å². The van der Waals surface area contributed by atoms with Crippen molar-refractivity contribution in [2.75, 3.05) is 19.8 Å². The lowest BCUT2D eigenvalue weighted by Crippen LogP contribution is -2.51. The van der Waals surface area contributed by atoms with E-state index in [0.717, 1.165) is 4.88 Å². The van der Waals surface area contributed by atoms with E-state index in [0.29, 0.717) is 17.4 Å². The fourth-order valence-corrected chi connectivity index (χ4v) is 4.97. The summed E-state index contributed by atoms with van der Waals surface area (Å²) in [6.07, 6.45) is -0.458. The molecular formula is C11H18N2O4S2. The third-order valence-corrected chi connectivity index (χ3v) is 6.61. The Morgan fingerprint density at radius 2 is 2.32 bits per heavy atom. The van der Waals surface area contributed by atoms with Crippen LogP contribution in [0.4, 0.5) is 0 Å². The molecule has 1 aromatic rings. The number of aliphatic hydroxyl groups is 1. The van der Waals surface area contributed by atoms with Crippen molar-refractivity contribution in [1.29, 1.82) is 0 Å². The first-order valence-corrected chi connectivity index (χ1v) is 8.27. The van der Waals surface area contributed by atoms with E-state index in [1.54, 1.807) is 19.1 Å². The summed E-state index contributed by atoms with van der Waals surface area (Å²) in [5.41, 5.74) is 5.50. The van der Waals surface area contributed by atoms with Crippen LogP contribution in [0, 0.1) is 0 Å². The Morgan fingerprint density at radius 1 is 1.58 bits per heavy atom. The molecule has 2 unspecified atom stereocenters. The number of hydrogen-bond donors (Lipinski definition) is 2. The molecule has 0 radical (unpaired) electrons. The Labute approximate surface area is 116 Å². The Morgan fingerprint density at radius 3 is 2.89 bits per heavy atom. The van der Waals surface area contributed by atoms with Crippen LogP contribution in [0.5, 0.6) is 0 Å². The van der Waals surface area contributed by atoms with Gasteiger partial charge in [-0.15, -0.1) is 11.3 Å². The van der Waals surface area contributed by atoms with Crippen molar-refractivity contribution < 1.29 is 18.3 Å². The zero-order valence-electron chi connectivity index (χ0n) is 10.7. The normalized spacial score (nSPS) is 25.6. The van der Waals surface area contributed by atoms with Crippen molar-refractivity contribution in [3.05, 3.63) is 17.0 Å². The Hall–Kier alpha value is -0.510. The molecule has 6 nitrogen and oxygen atoms in total. The van der Waals surface area contributed by atoms with Crippen LogP contribution in [0.3, 0.4) is 0 Å². The summed E-state index contributed by atoms with van der Waals surface area (Å²) < 4.78 is 32.1. The molecule has 0 bridgehead atoms. The molecule has 0 aromatic carbocycles. The Balaban J connectivity index is 2.26. The van der Waals surface area contributed by atoms with Gasteiger partial charge in [0.15, 0.2) is 0 Å². The molecule has 108 valence electrons. The summed E-state index contributed by atoms with van der Waals surface area (Å²) in [6.45, 7) is 2.41. The van der Waals surface area contributed by atoms with Gasteiger partial charge in [0, 0.05) is 24.0 Å². The largest absolute Gasteiger partial charge is 0.394 e. The van der Waals surface area contributed by atoms with Gasteiger partial charge >= 0.3 is 0 Å². The fourth-order valence-electron chi connectivity index (χ4n) is 1.96. The number of hydrogen-bond acceptors (Lipinski definition) is 6. The topological polar surface area (TPSA) is 92.9 Å². The molecule has 2 atom stereocenters. The quantitative estimate of drug-likeness (QED) is 0.815. The molecule has 0 amide bonds. The zero-order valence-corrected chi connectivity index (χ0v) is 12.3. The molecule has 0 saturated carbocycles. The highest BCUT2D eigenvalue weighted by Gasteiger charge is 2.36. The minimum absolute atomic E-state index is 0.176. The minimum Gasteiger partial charge on any atom is -0.394 e. The van der Waals surface area contributed by atoms with Crippen LogP contribution in [-0.2, 0) is 21.3 Å². The number of ether oxygens (including phenoxy) is 1. The van der Waals surface area contributed by atoms with Crippen LogP contribution < -0.4 is 5.73 Å². The van der Waals surface area contributed by atoms with E-state index in [1.807, 2.05) is 0 Å². The van der Waals surface area contributed by atoms with Crippen LogP contribution in [0.2, 0.25) is 0 Å². The molecule has 1 aliphatic rings. The lowest BCUT2D eigenvalue weighted by molar-refractivity contribution is -0.0515. The first-order chi connectivity index (χ1) is 8.98. The maximum absolute atomic E-state index is 12.5. The first-order valence-electron chi connectivity index (χ1n) is 6.02.